The van der Waals surface area contributed by atoms with Crippen LogP contribution in [0.2, 0.25) is 0 Å². The first kappa shape index (κ1) is 20.2. The van der Waals surface area contributed by atoms with Crippen molar-refractivity contribution in [3.63, 3.8) is 0 Å². The fourth-order valence-electron chi connectivity index (χ4n) is 3.28. The molecule has 1 saturated heterocycles. The predicted molar refractivity (Wildman–Crippen MR) is 100 cm³/mol. The molecule has 1 aromatic carbocycles. The van der Waals surface area contributed by atoms with Crippen LogP contribution in [0.25, 0.3) is 0 Å². The van der Waals surface area contributed by atoms with E-state index in [2.05, 4.69) is 41.5 Å². The molecule has 1 aliphatic heterocycles. The van der Waals surface area contributed by atoms with Crippen LogP contribution in [0.3, 0.4) is 0 Å². The van der Waals surface area contributed by atoms with Gasteiger partial charge in [0, 0.05) is 32.3 Å². The number of carbonyl (C=O) groups excluding carboxylic acids is 2. The Morgan fingerprint density at radius 1 is 1.15 bits per heavy atom. The smallest absolute Gasteiger partial charge is 0.303 e. The first-order chi connectivity index (χ1) is 12.4. The second-order valence-electron chi connectivity index (χ2n) is 7.24. The van der Waals surface area contributed by atoms with Crippen LogP contribution in [0.4, 0.5) is 5.69 Å². The van der Waals surface area contributed by atoms with Crippen molar-refractivity contribution >= 4 is 17.6 Å². The minimum Gasteiger partial charge on any atom is -0.456 e. The summed E-state index contributed by atoms with van der Waals surface area (Å²) >= 11 is 0. The molecule has 1 fully saturated rings. The van der Waals surface area contributed by atoms with Gasteiger partial charge in [0.2, 0.25) is 0 Å². The number of nitrogens with one attached hydrogen (secondary N) is 3. The molecule has 0 radical (unpaired) electrons. The number of likely N-dealkylation sites (N-methyl/N-ethyl adjacent to an activating group) is 1. The van der Waals surface area contributed by atoms with E-state index in [0.29, 0.717) is 6.54 Å². The lowest BCUT2D eigenvalue weighted by Gasteiger charge is -2.33. The second-order valence-corrected chi connectivity index (χ2v) is 7.24. The van der Waals surface area contributed by atoms with Gasteiger partial charge in [-0.25, -0.2) is 0 Å². The van der Waals surface area contributed by atoms with E-state index in [-0.39, 0.29) is 18.6 Å². The van der Waals surface area contributed by atoms with Crippen LogP contribution in [0.1, 0.15) is 18.5 Å². The molecular weight excluding hydrogens is 332 g/mol. The summed E-state index contributed by atoms with van der Waals surface area (Å²) in [6.45, 7) is 6.03. The van der Waals surface area contributed by atoms with Gasteiger partial charge in [0.1, 0.15) is 32.2 Å². The molecular formula is C19H32N4O3+2. The van der Waals surface area contributed by atoms with Crippen molar-refractivity contribution in [3.8, 4) is 0 Å². The number of esters is 1. The SMILES string of the molecule is CC(=O)OCC(=O)NC[C@H](c1ccc(N(C)C)cc1)[NH+]1CC[NH+](C)CC1. The highest BCUT2D eigenvalue weighted by molar-refractivity contribution is 5.79. The van der Waals surface area contributed by atoms with Gasteiger partial charge < -0.3 is 24.8 Å². The average molecular weight is 364 g/mol. The van der Waals surface area contributed by atoms with Crippen molar-refractivity contribution in [3.05, 3.63) is 29.8 Å². The van der Waals surface area contributed by atoms with Crippen molar-refractivity contribution in [2.45, 2.75) is 13.0 Å². The second kappa shape index (κ2) is 9.54. The Hall–Kier alpha value is -2.12. The van der Waals surface area contributed by atoms with Crippen LogP contribution in [0.5, 0.6) is 0 Å². The van der Waals surface area contributed by atoms with Gasteiger partial charge in [-0.1, -0.05) is 12.1 Å². The molecule has 0 aliphatic carbocycles. The van der Waals surface area contributed by atoms with Crippen LogP contribution in [0, 0.1) is 0 Å². The zero-order valence-electron chi connectivity index (χ0n) is 16.3. The lowest BCUT2D eigenvalue weighted by molar-refractivity contribution is -1.02. The number of hydrogen-bond acceptors (Lipinski definition) is 4. The molecule has 3 N–H and O–H groups in total. The van der Waals surface area contributed by atoms with Crippen LogP contribution < -0.4 is 20.0 Å². The van der Waals surface area contributed by atoms with Gasteiger partial charge in [-0.05, 0) is 12.1 Å². The Bertz CT molecular complexity index is 595. The van der Waals surface area contributed by atoms with Crippen LogP contribution >= 0.6 is 0 Å². The van der Waals surface area contributed by atoms with E-state index in [4.69, 9.17) is 4.74 Å². The van der Waals surface area contributed by atoms with Crippen LogP contribution in [-0.2, 0) is 14.3 Å². The van der Waals surface area contributed by atoms with E-state index >= 15 is 0 Å². The highest BCUT2D eigenvalue weighted by atomic mass is 16.5. The Balaban J connectivity index is 2.06. The zero-order chi connectivity index (χ0) is 19.1. The summed E-state index contributed by atoms with van der Waals surface area (Å²) in [6.07, 6.45) is 0. The number of quaternary nitrogens is 2. The van der Waals surface area contributed by atoms with Crippen molar-refractivity contribution < 1.29 is 24.1 Å². The van der Waals surface area contributed by atoms with Gasteiger partial charge in [-0.3, -0.25) is 9.59 Å². The molecule has 0 spiro atoms. The Morgan fingerprint density at radius 3 is 2.31 bits per heavy atom. The third kappa shape index (κ3) is 6.00. The molecule has 7 heteroatoms. The number of anilines is 1. The normalized spacial score (nSPS) is 20.9. The molecule has 1 aliphatic rings. The zero-order valence-corrected chi connectivity index (χ0v) is 16.3. The van der Waals surface area contributed by atoms with E-state index in [1.807, 2.05) is 14.1 Å². The Morgan fingerprint density at radius 2 is 1.77 bits per heavy atom. The molecule has 1 atom stereocenters. The van der Waals surface area contributed by atoms with E-state index in [1.54, 1.807) is 4.90 Å². The maximum atomic E-state index is 12.0. The van der Waals surface area contributed by atoms with E-state index < -0.39 is 5.97 Å². The van der Waals surface area contributed by atoms with Crippen molar-refractivity contribution in [2.24, 2.45) is 0 Å². The monoisotopic (exact) mass is 364 g/mol. The minimum atomic E-state index is -0.441. The fourth-order valence-corrected chi connectivity index (χ4v) is 3.28. The number of carbonyl (C=O) groups is 2. The number of hydrogen-bond donors (Lipinski definition) is 3. The van der Waals surface area contributed by atoms with Gasteiger partial charge in [-0.2, -0.15) is 0 Å². The summed E-state index contributed by atoms with van der Waals surface area (Å²) in [5, 5.41) is 2.93. The molecule has 0 saturated carbocycles. The Kier molecular flexibility index (Phi) is 7.41. The third-order valence-corrected chi connectivity index (χ3v) is 4.96. The van der Waals surface area contributed by atoms with E-state index in [9.17, 15) is 9.59 Å². The molecule has 1 aromatic rings. The lowest BCUT2D eigenvalue weighted by atomic mass is 10.0. The molecule has 1 heterocycles. The quantitative estimate of drug-likeness (QED) is 0.485. The van der Waals surface area contributed by atoms with E-state index in [0.717, 1.165) is 31.9 Å². The van der Waals surface area contributed by atoms with Crippen molar-refractivity contribution in [1.82, 2.24) is 5.32 Å². The summed E-state index contributed by atoms with van der Waals surface area (Å²) in [6, 6.07) is 8.72. The predicted octanol–water partition coefficient (Wildman–Crippen LogP) is -2.11. The number of amides is 1. The van der Waals surface area contributed by atoms with Gasteiger partial charge in [0.15, 0.2) is 6.61 Å². The van der Waals surface area contributed by atoms with Gasteiger partial charge in [-0.15, -0.1) is 0 Å². The molecule has 1 amide bonds. The summed E-state index contributed by atoms with van der Waals surface area (Å²) < 4.78 is 4.78. The molecule has 0 aromatic heterocycles. The van der Waals surface area contributed by atoms with Crippen LogP contribution in [-0.4, -0.2) is 72.4 Å². The molecule has 7 nitrogen and oxygen atoms in total. The highest BCUT2D eigenvalue weighted by Crippen LogP contribution is 2.16. The van der Waals surface area contributed by atoms with Crippen molar-refractivity contribution in [1.29, 1.82) is 0 Å². The molecule has 0 bridgehead atoms. The molecule has 2 rings (SSSR count). The van der Waals surface area contributed by atoms with E-state index in [1.165, 1.54) is 17.4 Å². The van der Waals surface area contributed by atoms with Crippen LogP contribution in [0.15, 0.2) is 24.3 Å². The molecule has 26 heavy (non-hydrogen) atoms. The molecule has 0 unspecified atom stereocenters. The van der Waals surface area contributed by atoms with Gasteiger partial charge in [0.05, 0.1) is 13.6 Å². The minimum absolute atomic E-state index is 0.195. The van der Waals surface area contributed by atoms with Gasteiger partial charge >= 0.3 is 5.97 Å². The highest BCUT2D eigenvalue weighted by Gasteiger charge is 2.29. The lowest BCUT2D eigenvalue weighted by Crippen LogP contribution is -3.27. The standard InChI is InChI=1S/C19H30N4O3/c1-15(24)26-14-19(25)20-13-18(23-11-9-22(4)10-12-23)16-5-7-17(8-6-16)21(2)3/h5-8,18H,9-14H2,1-4H3,(H,20,25)/p+2/t18-/m1/s1. The number of rotatable bonds is 7. The fraction of sp³-hybridized carbons (Fsp3) is 0.579. The molecule has 144 valence electrons. The first-order valence-electron chi connectivity index (χ1n) is 9.20. The summed E-state index contributed by atoms with van der Waals surface area (Å²) in [4.78, 5) is 27.9. The number of benzene rings is 1. The first-order valence-corrected chi connectivity index (χ1v) is 9.20. The number of nitrogens with zero attached hydrogens (tertiary/aromatic N) is 1. The summed E-state index contributed by atoms with van der Waals surface area (Å²) in [5.74, 6) is -0.696. The maximum Gasteiger partial charge on any atom is 0.303 e. The third-order valence-electron chi connectivity index (χ3n) is 4.96. The number of piperazine rings is 1. The summed E-state index contributed by atoms with van der Waals surface area (Å²) in [5.41, 5.74) is 2.38. The largest absolute Gasteiger partial charge is 0.456 e. The maximum absolute atomic E-state index is 12.0. The van der Waals surface area contributed by atoms with Gasteiger partial charge in [0.25, 0.3) is 5.91 Å². The summed E-state index contributed by atoms with van der Waals surface area (Å²) in [7, 11) is 6.27. The topological polar surface area (TPSA) is 67.5 Å². The Labute approximate surface area is 155 Å². The number of ether oxygens (including phenoxy) is 1. The van der Waals surface area contributed by atoms with Crippen molar-refractivity contribution in [2.75, 3.05) is 65.4 Å². The average Bonchev–Trinajstić information content (AvgIpc) is 2.62.